The van der Waals surface area contributed by atoms with E-state index in [1.54, 1.807) is 43.0 Å². The molecule has 1 saturated heterocycles. The molecule has 0 spiro atoms. The van der Waals surface area contributed by atoms with Crippen molar-refractivity contribution in [3.63, 3.8) is 0 Å². The molecule has 0 N–H and O–H groups in total. The molecule has 0 aliphatic carbocycles. The second kappa shape index (κ2) is 8.81. The first-order valence-corrected chi connectivity index (χ1v) is 11.4. The van der Waals surface area contributed by atoms with Crippen LogP contribution in [-0.2, 0) is 16.4 Å². The molecule has 8 heteroatoms. The Morgan fingerprint density at radius 3 is 2.24 bits per heavy atom. The topological polar surface area (TPSA) is 57.7 Å². The Morgan fingerprint density at radius 1 is 1.07 bits per heavy atom. The number of rotatable bonds is 5. The number of hydrogen-bond acceptors (Lipinski definition) is 4. The molecule has 29 heavy (non-hydrogen) atoms. The van der Waals surface area contributed by atoms with Crippen LogP contribution in [0, 0.1) is 5.82 Å². The average Bonchev–Trinajstić information content (AvgIpc) is 2.71. The second-order valence-corrected chi connectivity index (χ2v) is 10.3. The van der Waals surface area contributed by atoms with Gasteiger partial charge in [0.25, 0.3) is 5.91 Å². The number of nitrogens with zero attached hydrogens (tertiary/aromatic N) is 2. The Bertz CT molecular complexity index is 965. The van der Waals surface area contributed by atoms with Gasteiger partial charge >= 0.3 is 0 Å². The van der Waals surface area contributed by atoms with E-state index in [1.807, 2.05) is 0 Å². The molecule has 1 heterocycles. The first-order valence-electron chi connectivity index (χ1n) is 9.48. The molecule has 0 unspecified atom stereocenters. The van der Waals surface area contributed by atoms with Crippen molar-refractivity contribution >= 4 is 27.3 Å². The fourth-order valence-corrected chi connectivity index (χ4v) is 4.54. The lowest BCUT2D eigenvalue weighted by molar-refractivity contribution is 0.0627. The number of carbonyl (C=O) groups excluding carboxylic acids is 1. The highest BCUT2D eigenvalue weighted by Gasteiger charge is 2.24. The third-order valence-electron chi connectivity index (χ3n) is 5.15. The van der Waals surface area contributed by atoms with Crippen LogP contribution in [0.4, 0.5) is 4.39 Å². The van der Waals surface area contributed by atoms with Crippen molar-refractivity contribution in [2.75, 3.05) is 26.2 Å². The Kier molecular flexibility index (Phi) is 6.61. The van der Waals surface area contributed by atoms with Gasteiger partial charge in [-0.25, -0.2) is 12.8 Å². The Morgan fingerprint density at radius 2 is 1.69 bits per heavy atom. The predicted octanol–water partition coefficient (Wildman–Crippen LogP) is 3.62. The molecule has 2 aromatic rings. The van der Waals surface area contributed by atoms with Gasteiger partial charge in [0.1, 0.15) is 5.82 Å². The van der Waals surface area contributed by atoms with Crippen molar-refractivity contribution in [2.45, 2.75) is 30.5 Å². The van der Waals surface area contributed by atoms with Crippen LogP contribution in [0.15, 0.2) is 47.4 Å². The van der Waals surface area contributed by atoms with Gasteiger partial charge in [0.2, 0.25) is 0 Å². The fourth-order valence-electron chi connectivity index (χ4n) is 3.26. The summed E-state index contributed by atoms with van der Waals surface area (Å²) in [6.07, 6.45) is 0. The molecule has 3 rings (SSSR count). The molecule has 1 aliphatic heterocycles. The first-order chi connectivity index (χ1) is 13.7. The maximum atomic E-state index is 14.0. The van der Waals surface area contributed by atoms with Crippen molar-refractivity contribution in [1.82, 2.24) is 9.80 Å². The summed E-state index contributed by atoms with van der Waals surface area (Å²) >= 11 is 6.10. The van der Waals surface area contributed by atoms with Crippen LogP contribution in [0.25, 0.3) is 0 Å². The van der Waals surface area contributed by atoms with Crippen LogP contribution < -0.4 is 0 Å². The Balaban J connectivity index is 1.62. The normalized spacial score (nSPS) is 15.7. The number of benzene rings is 2. The van der Waals surface area contributed by atoms with Crippen LogP contribution in [0.3, 0.4) is 0 Å². The fraction of sp³-hybridized carbons (Fsp3) is 0.381. The van der Waals surface area contributed by atoms with E-state index in [0.717, 1.165) is 0 Å². The summed E-state index contributed by atoms with van der Waals surface area (Å²) in [6.45, 7) is 5.89. The van der Waals surface area contributed by atoms with Gasteiger partial charge in [0, 0.05) is 48.9 Å². The van der Waals surface area contributed by atoms with Gasteiger partial charge in [0.05, 0.1) is 10.1 Å². The molecular formula is C21H24ClFN2O3S. The summed E-state index contributed by atoms with van der Waals surface area (Å²) in [6, 6.07) is 10.7. The Hall–Kier alpha value is -1.96. The van der Waals surface area contributed by atoms with Gasteiger partial charge in [-0.15, -0.1) is 0 Å². The maximum absolute atomic E-state index is 14.0. The van der Waals surface area contributed by atoms with Crippen LogP contribution in [-0.4, -0.2) is 55.6 Å². The summed E-state index contributed by atoms with van der Waals surface area (Å²) in [7, 11) is -3.36. The zero-order chi connectivity index (χ0) is 21.2. The number of sulfone groups is 1. The van der Waals surface area contributed by atoms with E-state index in [9.17, 15) is 17.6 Å². The van der Waals surface area contributed by atoms with Gasteiger partial charge in [-0.05, 0) is 50.2 Å². The molecule has 0 saturated carbocycles. The molecule has 0 radical (unpaired) electrons. The van der Waals surface area contributed by atoms with Gasteiger partial charge in [0.15, 0.2) is 9.84 Å². The molecular weight excluding hydrogens is 415 g/mol. The predicted molar refractivity (Wildman–Crippen MR) is 111 cm³/mol. The van der Waals surface area contributed by atoms with E-state index in [2.05, 4.69) is 4.90 Å². The quantitative estimate of drug-likeness (QED) is 0.715. The van der Waals surface area contributed by atoms with Crippen LogP contribution >= 0.6 is 11.6 Å². The molecule has 156 valence electrons. The lowest BCUT2D eigenvalue weighted by atomic mass is 10.1. The van der Waals surface area contributed by atoms with E-state index in [-0.39, 0.29) is 16.6 Å². The molecule has 1 fully saturated rings. The maximum Gasteiger partial charge on any atom is 0.253 e. The number of carbonyl (C=O) groups is 1. The standard InChI is InChI=1S/C21H24ClFN2O3S/c1-15(2)29(27,28)17-8-6-16(7-9-17)21(26)25-12-10-24(11-13-25)14-18-19(22)4-3-5-20(18)23/h3-9,15H,10-14H2,1-2H3. The van der Waals surface area contributed by atoms with Crippen molar-refractivity contribution < 1.29 is 17.6 Å². The third-order valence-corrected chi connectivity index (χ3v) is 7.68. The van der Waals surface area contributed by atoms with Gasteiger partial charge in [-0.1, -0.05) is 17.7 Å². The molecule has 0 atom stereocenters. The van der Waals surface area contributed by atoms with Crippen LogP contribution in [0.1, 0.15) is 29.8 Å². The summed E-state index contributed by atoms with van der Waals surface area (Å²) in [5.74, 6) is -0.463. The molecule has 0 bridgehead atoms. The molecule has 5 nitrogen and oxygen atoms in total. The van der Waals surface area contributed by atoms with E-state index >= 15 is 0 Å². The minimum Gasteiger partial charge on any atom is -0.336 e. The van der Waals surface area contributed by atoms with Gasteiger partial charge < -0.3 is 4.90 Å². The van der Waals surface area contributed by atoms with Crippen LogP contribution in [0.2, 0.25) is 5.02 Å². The highest BCUT2D eigenvalue weighted by Crippen LogP contribution is 2.22. The highest BCUT2D eigenvalue weighted by molar-refractivity contribution is 7.92. The zero-order valence-corrected chi connectivity index (χ0v) is 18.0. The SMILES string of the molecule is CC(C)S(=O)(=O)c1ccc(C(=O)N2CCN(Cc3c(F)cccc3Cl)CC2)cc1. The summed E-state index contributed by atoms with van der Waals surface area (Å²) < 4.78 is 38.4. The monoisotopic (exact) mass is 438 g/mol. The first kappa shape index (κ1) is 21.7. The summed E-state index contributed by atoms with van der Waals surface area (Å²) in [4.78, 5) is 16.8. The van der Waals surface area contributed by atoms with Gasteiger partial charge in [-0.3, -0.25) is 9.69 Å². The van der Waals surface area contributed by atoms with E-state index < -0.39 is 15.1 Å². The minimum absolute atomic E-state index is 0.137. The smallest absolute Gasteiger partial charge is 0.253 e. The molecule has 2 aromatic carbocycles. The van der Waals surface area contributed by atoms with Crippen molar-refractivity contribution in [3.8, 4) is 0 Å². The molecule has 0 aromatic heterocycles. The van der Waals surface area contributed by atoms with Crippen LogP contribution in [0.5, 0.6) is 0 Å². The number of hydrogen-bond donors (Lipinski definition) is 0. The van der Waals surface area contributed by atoms with Gasteiger partial charge in [-0.2, -0.15) is 0 Å². The number of halogens is 2. The average molecular weight is 439 g/mol. The number of piperazine rings is 1. The lowest BCUT2D eigenvalue weighted by Crippen LogP contribution is -2.48. The van der Waals surface area contributed by atoms with E-state index in [4.69, 9.17) is 11.6 Å². The highest BCUT2D eigenvalue weighted by atomic mass is 35.5. The largest absolute Gasteiger partial charge is 0.336 e. The minimum atomic E-state index is -3.36. The molecule has 1 amide bonds. The zero-order valence-electron chi connectivity index (χ0n) is 16.4. The van der Waals surface area contributed by atoms with Crippen molar-refractivity contribution in [3.05, 3.63) is 64.4 Å². The van der Waals surface area contributed by atoms with Crippen molar-refractivity contribution in [1.29, 1.82) is 0 Å². The summed E-state index contributed by atoms with van der Waals surface area (Å²) in [5, 5.41) is -0.111. The Labute approximate surface area is 176 Å². The van der Waals surface area contributed by atoms with E-state index in [0.29, 0.717) is 48.9 Å². The molecule has 1 aliphatic rings. The second-order valence-electron chi connectivity index (χ2n) is 7.39. The van der Waals surface area contributed by atoms with E-state index in [1.165, 1.54) is 18.2 Å². The van der Waals surface area contributed by atoms with Crippen molar-refractivity contribution in [2.24, 2.45) is 0 Å². The summed E-state index contributed by atoms with van der Waals surface area (Å²) in [5.41, 5.74) is 0.925. The lowest BCUT2D eigenvalue weighted by Gasteiger charge is -2.35. The third kappa shape index (κ3) is 4.79. The number of amides is 1.